The monoisotopic (exact) mass is 374 g/mol. The topological polar surface area (TPSA) is 40.9 Å². The van der Waals surface area contributed by atoms with E-state index in [0.717, 1.165) is 35.9 Å². The van der Waals surface area contributed by atoms with Gasteiger partial charge in [0.15, 0.2) is 4.96 Å². The highest BCUT2D eigenvalue weighted by molar-refractivity contribution is 7.15. The summed E-state index contributed by atoms with van der Waals surface area (Å²) in [4.78, 5) is 22.6. The Morgan fingerprint density at radius 2 is 2.20 bits per heavy atom. The van der Waals surface area contributed by atoms with E-state index in [4.69, 9.17) is 11.6 Å². The quantitative estimate of drug-likeness (QED) is 0.689. The molecule has 0 N–H and O–H groups in total. The first-order valence-corrected chi connectivity index (χ1v) is 9.51. The number of amides is 1. The molecular weight excluding hydrogens is 356 g/mol. The average Bonchev–Trinajstić information content (AvgIpc) is 3.17. The molecule has 25 heavy (non-hydrogen) atoms. The molecule has 1 saturated heterocycles. The average molecular weight is 375 g/mol. The van der Waals surface area contributed by atoms with Crippen molar-refractivity contribution in [2.75, 3.05) is 26.7 Å². The number of rotatable bonds is 2. The molecule has 1 aromatic carbocycles. The van der Waals surface area contributed by atoms with Gasteiger partial charge in [0.25, 0.3) is 5.91 Å². The van der Waals surface area contributed by atoms with Gasteiger partial charge in [-0.1, -0.05) is 23.7 Å². The minimum atomic E-state index is 0.0706. The van der Waals surface area contributed by atoms with Crippen molar-refractivity contribution in [2.45, 2.75) is 13.0 Å². The zero-order valence-corrected chi connectivity index (χ0v) is 15.7. The van der Waals surface area contributed by atoms with Gasteiger partial charge in [-0.05, 0) is 26.1 Å². The molecule has 4 rings (SSSR count). The smallest absolute Gasteiger partial charge is 0.271 e. The van der Waals surface area contributed by atoms with Crippen LogP contribution in [0.2, 0.25) is 5.02 Å². The maximum absolute atomic E-state index is 13.0. The van der Waals surface area contributed by atoms with Crippen LogP contribution >= 0.6 is 22.9 Å². The molecule has 1 aliphatic rings. The van der Waals surface area contributed by atoms with Crippen LogP contribution in [0.25, 0.3) is 16.2 Å². The van der Waals surface area contributed by atoms with Crippen molar-refractivity contribution in [2.24, 2.45) is 0 Å². The Kier molecular flexibility index (Phi) is 4.27. The molecule has 1 atom stereocenters. The van der Waals surface area contributed by atoms with Crippen LogP contribution < -0.4 is 0 Å². The van der Waals surface area contributed by atoms with Crippen molar-refractivity contribution >= 4 is 33.8 Å². The first kappa shape index (κ1) is 16.6. The highest BCUT2D eigenvalue weighted by Gasteiger charge is 2.27. The molecule has 3 aromatic rings. The number of hydrogen-bond donors (Lipinski definition) is 0. The number of halogens is 1. The van der Waals surface area contributed by atoms with Gasteiger partial charge in [0.2, 0.25) is 0 Å². The number of likely N-dealkylation sites (N-methyl/N-ethyl adjacent to an activating group) is 1. The number of thiazole rings is 1. The molecule has 7 heteroatoms. The van der Waals surface area contributed by atoms with Crippen molar-refractivity contribution < 1.29 is 4.79 Å². The normalized spacial score (nSPS) is 18.8. The molecule has 0 saturated carbocycles. The molecular formula is C18H19ClN4OS. The Labute approximate surface area is 155 Å². The van der Waals surface area contributed by atoms with Crippen molar-refractivity contribution in [3.8, 4) is 11.3 Å². The lowest BCUT2D eigenvalue weighted by Crippen LogP contribution is -2.52. The van der Waals surface area contributed by atoms with Gasteiger partial charge in [0, 0.05) is 47.8 Å². The van der Waals surface area contributed by atoms with Crippen LogP contribution in [0.5, 0.6) is 0 Å². The van der Waals surface area contributed by atoms with Crippen LogP contribution in [0, 0.1) is 0 Å². The number of imidazole rings is 1. The summed E-state index contributed by atoms with van der Waals surface area (Å²) in [5.41, 5.74) is 2.46. The van der Waals surface area contributed by atoms with E-state index in [9.17, 15) is 4.79 Å². The van der Waals surface area contributed by atoms with E-state index < -0.39 is 0 Å². The first-order valence-electron chi connectivity index (χ1n) is 8.25. The van der Waals surface area contributed by atoms with Crippen LogP contribution in [0.3, 0.4) is 0 Å². The zero-order chi connectivity index (χ0) is 17.6. The van der Waals surface area contributed by atoms with E-state index in [1.54, 1.807) is 0 Å². The Bertz CT molecular complexity index is 934. The van der Waals surface area contributed by atoms with Crippen LogP contribution in [-0.2, 0) is 0 Å². The third kappa shape index (κ3) is 3.05. The summed E-state index contributed by atoms with van der Waals surface area (Å²) < 4.78 is 1.90. The van der Waals surface area contributed by atoms with E-state index in [-0.39, 0.29) is 5.91 Å². The van der Waals surface area contributed by atoms with Crippen molar-refractivity contribution in [1.29, 1.82) is 0 Å². The molecule has 5 nitrogen and oxygen atoms in total. The van der Waals surface area contributed by atoms with Gasteiger partial charge < -0.3 is 9.80 Å². The Balaban J connectivity index is 1.66. The molecule has 1 amide bonds. The third-order valence-electron chi connectivity index (χ3n) is 4.80. The Morgan fingerprint density at radius 3 is 2.96 bits per heavy atom. The summed E-state index contributed by atoms with van der Waals surface area (Å²) in [6.07, 6.45) is 1.92. The molecule has 0 aliphatic carbocycles. The van der Waals surface area contributed by atoms with Crippen LogP contribution in [0.1, 0.15) is 17.4 Å². The van der Waals surface area contributed by atoms with Gasteiger partial charge in [-0.3, -0.25) is 9.20 Å². The van der Waals surface area contributed by atoms with E-state index in [2.05, 4.69) is 23.9 Å². The Hall–Kier alpha value is -1.89. The summed E-state index contributed by atoms with van der Waals surface area (Å²) >= 11 is 7.57. The lowest BCUT2D eigenvalue weighted by molar-refractivity contribution is 0.0566. The Morgan fingerprint density at radius 1 is 1.36 bits per heavy atom. The largest absolute Gasteiger partial charge is 0.334 e. The van der Waals surface area contributed by atoms with Gasteiger partial charge in [0.05, 0.1) is 5.69 Å². The van der Waals surface area contributed by atoms with Crippen LogP contribution in [0.15, 0.2) is 35.8 Å². The standard InChI is InChI=1S/C18H19ClN4OS/c1-12-9-22(7-6-21(12)2)17(24)16-11-25-18-20-15(10-23(16)18)13-4-3-5-14(19)8-13/h3-5,8,10-12H,6-7,9H2,1-2H3. The SMILES string of the molecule is CC1CN(C(=O)c2csc3nc(-c4cccc(Cl)c4)cn23)CCN1C. The van der Waals surface area contributed by atoms with Gasteiger partial charge in [0.1, 0.15) is 5.69 Å². The minimum absolute atomic E-state index is 0.0706. The zero-order valence-electron chi connectivity index (χ0n) is 14.1. The van der Waals surface area contributed by atoms with Crippen molar-refractivity contribution in [3.05, 3.63) is 46.6 Å². The van der Waals surface area contributed by atoms with Crippen molar-refractivity contribution in [3.63, 3.8) is 0 Å². The minimum Gasteiger partial charge on any atom is -0.334 e. The maximum atomic E-state index is 13.0. The van der Waals surface area contributed by atoms with Crippen molar-refractivity contribution in [1.82, 2.24) is 19.2 Å². The highest BCUT2D eigenvalue weighted by Crippen LogP contribution is 2.26. The predicted octanol–water partition coefficient (Wildman–Crippen LogP) is 3.49. The maximum Gasteiger partial charge on any atom is 0.271 e. The number of carbonyl (C=O) groups excluding carboxylic acids is 1. The second kappa shape index (κ2) is 6.44. The van der Waals surface area contributed by atoms with Crippen LogP contribution in [-0.4, -0.2) is 57.8 Å². The number of aromatic nitrogens is 2. The molecule has 0 spiro atoms. The lowest BCUT2D eigenvalue weighted by atomic mass is 10.2. The third-order valence-corrected chi connectivity index (χ3v) is 5.87. The molecule has 3 heterocycles. The number of piperazine rings is 1. The predicted molar refractivity (Wildman–Crippen MR) is 102 cm³/mol. The van der Waals surface area contributed by atoms with Gasteiger partial charge >= 0.3 is 0 Å². The number of carbonyl (C=O) groups is 1. The van der Waals surface area contributed by atoms with Gasteiger partial charge in [-0.15, -0.1) is 11.3 Å². The summed E-state index contributed by atoms with van der Waals surface area (Å²) in [6.45, 7) is 4.56. The van der Waals surface area contributed by atoms with E-state index in [1.165, 1.54) is 11.3 Å². The summed E-state index contributed by atoms with van der Waals surface area (Å²) in [6, 6.07) is 7.98. The fourth-order valence-corrected chi connectivity index (χ4v) is 4.16. The number of hydrogen-bond acceptors (Lipinski definition) is 4. The fourth-order valence-electron chi connectivity index (χ4n) is 3.12. The molecule has 0 bridgehead atoms. The second-order valence-corrected chi connectivity index (χ2v) is 7.76. The molecule has 2 aromatic heterocycles. The summed E-state index contributed by atoms with van der Waals surface area (Å²) in [5, 5.41) is 2.58. The highest BCUT2D eigenvalue weighted by atomic mass is 35.5. The second-order valence-electron chi connectivity index (χ2n) is 6.49. The van der Waals surface area contributed by atoms with Gasteiger partial charge in [-0.25, -0.2) is 4.98 Å². The van der Waals surface area contributed by atoms with Gasteiger partial charge in [-0.2, -0.15) is 0 Å². The summed E-state index contributed by atoms with van der Waals surface area (Å²) in [5.74, 6) is 0.0706. The fraction of sp³-hybridized carbons (Fsp3) is 0.333. The molecule has 130 valence electrons. The number of fused-ring (bicyclic) bond motifs is 1. The summed E-state index contributed by atoms with van der Waals surface area (Å²) in [7, 11) is 2.10. The molecule has 1 unspecified atom stereocenters. The first-order chi connectivity index (χ1) is 12.0. The number of nitrogens with zero attached hydrogens (tertiary/aromatic N) is 4. The molecule has 1 aliphatic heterocycles. The number of benzene rings is 1. The van der Waals surface area contributed by atoms with E-state index in [0.29, 0.717) is 16.8 Å². The van der Waals surface area contributed by atoms with E-state index >= 15 is 0 Å². The van der Waals surface area contributed by atoms with E-state index in [1.807, 2.05) is 45.1 Å². The lowest BCUT2D eigenvalue weighted by Gasteiger charge is -2.37. The molecule has 0 radical (unpaired) electrons. The molecule has 1 fully saturated rings. The van der Waals surface area contributed by atoms with Crippen LogP contribution in [0.4, 0.5) is 0 Å².